The lowest BCUT2D eigenvalue weighted by Crippen LogP contribution is -2.50. The standard InChI is InChI=1S/C19H25ClN6O4S.C18H25BrN6O4S.C18H25ClN6O4S.C17H23BrN6O4S.C17H23ClN6O4S/c20-15-4-3-14(11-16(15)23-18(27)17-12-30-19(21)24-17)25-6-8-26(9-7-25)31(28,29)10-5-22-13-1-2-13;2*1-23(2)9-10-30(27,28)25-7-5-24(6-8-25)13-3-4-14(19)15(11-13)21-17(26)16-12-29-18(20)22-16;2*1-20-4-9-29(26,27)24-7-5-23(6-8-24)12-2-3-13(18)14(10-12)21-16(25)15-11-28-17(19)22-15/h3-4,11-13,22H,1-2,5-10H2,(H2,21,24)(H,23,27);2*3-4,11-12H,5-10H2,1-2H3,(H2,20,22)(H,21,26);2*2-3,10-11,20H,4-9H2,1H3,(H2,19,22)(H,21,25). The van der Waals surface area contributed by atoms with E-state index in [1.807, 2.05) is 97.5 Å². The lowest BCUT2D eigenvalue weighted by Gasteiger charge is -2.35. The predicted molar refractivity (Wildman–Crippen MR) is 581 cm³/mol. The summed E-state index contributed by atoms with van der Waals surface area (Å²) < 4.78 is 158. The number of oxazole rings is 5. The first-order valence-electron chi connectivity index (χ1n) is 46.8. The lowest BCUT2D eigenvalue weighted by molar-refractivity contribution is 0.101. The summed E-state index contributed by atoms with van der Waals surface area (Å²) >= 11 is 25.5. The van der Waals surface area contributed by atoms with E-state index in [0.717, 1.165) is 47.5 Å². The fourth-order valence-electron chi connectivity index (χ4n) is 15.4. The van der Waals surface area contributed by atoms with Gasteiger partial charge < -0.3 is 128 Å². The number of anilines is 15. The van der Waals surface area contributed by atoms with Crippen molar-refractivity contribution < 1.29 is 88.1 Å². The summed E-state index contributed by atoms with van der Waals surface area (Å²) in [5.74, 6) is -1.87. The molecule has 0 bridgehead atoms. The highest BCUT2D eigenvalue weighted by atomic mass is 79.9. The van der Waals surface area contributed by atoms with Gasteiger partial charge in [0.15, 0.2) is 28.5 Å². The van der Waals surface area contributed by atoms with Gasteiger partial charge in [0, 0.05) is 207 Å². The molecule has 0 spiro atoms. The van der Waals surface area contributed by atoms with E-state index in [4.69, 9.17) is 85.6 Å². The number of nitrogens with one attached hydrogen (secondary N) is 8. The van der Waals surface area contributed by atoms with Crippen molar-refractivity contribution in [3.8, 4) is 0 Å². The normalized spacial score (nSPS) is 15.9. The van der Waals surface area contributed by atoms with Crippen molar-refractivity contribution in [2.45, 2.75) is 18.9 Å². The molecule has 0 atom stereocenters. The Morgan fingerprint density at radius 2 is 0.537 bits per heavy atom. The van der Waals surface area contributed by atoms with Crippen LogP contribution in [0.5, 0.6) is 0 Å². The monoisotopic (exact) mass is 2350 g/mol. The van der Waals surface area contributed by atoms with E-state index >= 15 is 0 Å². The van der Waals surface area contributed by atoms with E-state index in [2.05, 4.69) is 119 Å². The molecule has 5 amide bonds. The molecule has 0 radical (unpaired) electrons. The van der Waals surface area contributed by atoms with Crippen LogP contribution in [0, 0.1) is 0 Å². The van der Waals surface area contributed by atoms with Gasteiger partial charge in [0.1, 0.15) is 31.3 Å². The quantitative estimate of drug-likeness (QED) is 0.0227. The zero-order valence-electron chi connectivity index (χ0n) is 82.3. The van der Waals surface area contributed by atoms with E-state index in [9.17, 15) is 66.1 Å². The zero-order chi connectivity index (χ0) is 108. The van der Waals surface area contributed by atoms with Crippen LogP contribution in [-0.2, 0) is 50.1 Å². The molecule has 18 N–H and O–H groups in total. The molecule has 812 valence electrons. The Kier molecular flexibility index (Phi) is 41.5. The second-order valence-electron chi connectivity index (χ2n) is 35.0. The van der Waals surface area contributed by atoms with Crippen LogP contribution in [0.15, 0.2) is 153 Å². The summed E-state index contributed by atoms with van der Waals surface area (Å²) in [7, 11) is -5.49. The summed E-state index contributed by atoms with van der Waals surface area (Å²) in [4.78, 5) is 94.5. The number of rotatable bonds is 36. The number of carbonyl (C=O) groups excluding carboxylic acids is 5. The van der Waals surface area contributed by atoms with Gasteiger partial charge in [0.2, 0.25) is 50.1 Å². The molecule has 5 aromatic carbocycles. The maximum Gasteiger partial charge on any atom is 0.292 e. The first-order chi connectivity index (χ1) is 70.7. The molecule has 1 aliphatic carbocycles. The van der Waals surface area contributed by atoms with Crippen molar-refractivity contribution in [1.29, 1.82) is 0 Å². The Morgan fingerprint density at radius 1 is 0.329 bits per heavy atom. The number of benzene rings is 5. The van der Waals surface area contributed by atoms with Crippen LogP contribution in [0.25, 0.3) is 0 Å². The largest absolute Gasteiger partial charge is 0.431 e. The second-order valence-corrected chi connectivity index (χ2v) is 48.4. The molecule has 16 rings (SSSR count). The molecule has 0 unspecified atom stereocenters. The summed E-state index contributed by atoms with van der Waals surface area (Å²) in [5, 5.41) is 23.7. The van der Waals surface area contributed by atoms with Gasteiger partial charge in [-0.2, -0.15) is 46.4 Å². The number of amides is 5. The predicted octanol–water partition coefficient (Wildman–Crippen LogP) is 5.60. The minimum Gasteiger partial charge on any atom is -0.431 e. The summed E-state index contributed by atoms with van der Waals surface area (Å²) in [6.07, 6.45) is 8.15. The summed E-state index contributed by atoms with van der Waals surface area (Å²) in [6.45, 7) is 11.9. The maximum atomic E-state index is 12.6. The highest BCUT2D eigenvalue weighted by Crippen LogP contribution is 2.37. The molecule has 149 heavy (non-hydrogen) atoms. The van der Waals surface area contributed by atoms with Gasteiger partial charge >= 0.3 is 0 Å². The Bertz CT molecular complexity index is 6550. The van der Waals surface area contributed by atoms with Gasteiger partial charge in [-0.15, -0.1) is 0 Å². The van der Waals surface area contributed by atoms with Crippen LogP contribution >= 0.6 is 66.7 Å². The highest BCUT2D eigenvalue weighted by Gasteiger charge is 2.35. The average Bonchev–Trinajstić information content (AvgIpc) is 1.75. The van der Waals surface area contributed by atoms with Gasteiger partial charge in [-0.1, -0.05) is 34.8 Å². The van der Waals surface area contributed by atoms with E-state index < -0.39 is 79.7 Å². The third kappa shape index (κ3) is 33.8. The molecular weight excluding hydrogens is 2240 g/mol. The van der Waals surface area contributed by atoms with Crippen LogP contribution in [0.2, 0.25) is 15.1 Å². The molecule has 10 heterocycles. The van der Waals surface area contributed by atoms with Crippen molar-refractivity contribution in [3.05, 3.63) is 175 Å². The van der Waals surface area contributed by atoms with Crippen molar-refractivity contribution in [2.75, 3.05) is 314 Å². The Labute approximate surface area is 895 Å². The molecule has 6 aliphatic rings. The molecule has 50 nitrogen and oxygen atoms in total. The van der Waals surface area contributed by atoms with Crippen LogP contribution in [-0.4, -0.2) is 369 Å². The maximum absolute atomic E-state index is 12.6. The Balaban J connectivity index is 0.000000165. The molecule has 5 aromatic heterocycles. The summed E-state index contributed by atoms with van der Waals surface area (Å²) in [6, 6.07) is 27.0. The topological polar surface area (TPSA) is 651 Å². The number of hydrogen-bond donors (Lipinski definition) is 13. The molecule has 6 fully saturated rings. The van der Waals surface area contributed by atoms with Gasteiger partial charge in [-0.25, -0.2) is 42.1 Å². The second kappa shape index (κ2) is 53.1. The molecule has 10 aromatic rings. The van der Waals surface area contributed by atoms with Gasteiger partial charge in [0.05, 0.1) is 72.3 Å². The van der Waals surface area contributed by atoms with Crippen LogP contribution < -0.4 is 95.7 Å². The first kappa shape index (κ1) is 116. The van der Waals surface area contributed by atoms with Crippen molar-refractivity contribution in [1.82, 2.24) is 72.2 Å². The minimum atomic E-state index is -3.28. The molecule has 1 saturated carbocycles. The SMILES string of the molecule is CN(C)CCS(=O)(=O)N1CCN(c2ccc(Br)c(NC(=O)c3coc(N)n3)c2)CC1.CN(C)CCS(=O)(=O)N1CCN(c2ccc(Cl)c(NC(=O)c3coc(N)n3)c2)CC1.CNCCS(=O)(=O)N1CCN(c2ccc(Br)c(NC(=O)c3coc(N)n3)c2)CC1.CNCCS(=O)(=O)N1CCN(c2ccc(Cl)c(NC(=O)c3coc(N)n3)c2)CC1.Nc1nc(C(=O)Nc2cc(N3CCN(S(=O)(=O)CCNC4CC4)CC3)ccc2Cl)co1. The molecular formula is C89H121Br2Cl3N30O20S5. The third-order valence-electron chi connectivity index (χ3n) is 23.9. The van der Waals surface area contributed by atoms with E-state index in [1.165, 1.54) is 38.0 Å². The molecule has 60 heteroatoms. The minimum absolute atomic E-state index is 0.0457. The number of nitrogen functional groups attached to an aromatic ring is 5. The Morgan fingerprint density at radius 3 is 0.745 bits per heavy atom. The summed E-state index contributed by atoms with van der Waals surface area (Å²) in [5.41, 5.74) is 34.0. The first-order valence-corrected chi connectivity index (χ1v) is 57.5. The van der Waals surface area contributed by atoms with E-state index in [0.29, 0.717) is 222 Å². The highest BCUT2D eigenvalue weighted by molar-refractivity contribution is 9.11. The van der Waals surface area contributed by atoms with E-state index in [1.54, 1.807) is 59.1 Å². The Hall–Kier alpha value is -11.3. The fourth-order valence-corrected chi connectivity index (χ4v) is 24.0. The number of aromatic nitrogens is 5. The number of hydrogen-bond acceptors (Lipinski definition) is 40. The van der Waals surface area contributed by atoms with Crippen LogP contribution in [0.4, 0.5) is 86.9 Å². The average molecular weight is 2360 g/mol. The fraction of sp³-hybridized carbons (Fsp3) is 0.438. The van der Waals surface area contributed by atoms with Crippen molar-refractivity contribution >= 4 is 233 Å². The van der Waals surface area contributed by atoms with Crippen LogP contribution in [0.3, 0.4) is 0 Å². The number of sulfonamides is 5. The van der Waals surface area contributed by atoms with E-state index in [-0.39, 0.29) is 87.3 Å². The lowest BCUT2D eigenvalue weighted by atomic mass is 10.2. The number of halogens is 5. The van der Waals surface area contributed by atoms with Crippen molar-refractivity contribution in [2.24, 2.45) is 0 Å². The number of piperazine rings is 5. The zero-order valence-corrected chi connectivity index (χ0v) is 91.9. The molecule has 5 saturated heterocycles. The molecule has 5 aliphatic heterocycles. The van der Waals surface area contributed by atoms with Gasteiger partial charge in [0.25, 0.3) is 59.6 Å². The van der Waals surface area contributed by atoms with Crippen molar-refractivity contribution in [3.63, 3.8) is 0 Å². The number of nitrogens with zero attached hydrogens (tertiary/aromatic N) is 17. The van der Waals surface area contributed by atoms with Gasteiger partial charge in [-0.05, 0) is 178 Å². The smallest absolute Gasteiger partial charge is 0.292 e. The third-order valence-corrected chi connectivity index (χ3v) is 35.6. The number of nitrogens with two attached hydrogens (primary N) is 5. The van der Waals surface area contributed by atoms with Gasteiger partial charge in [-0.3, -0.25) is 24.0 Å². The number of carbonyl (C=O) groups is 5. The van der Waals surface area contributed by atoms with Crippen LogP contribution in [0.1, 0.15) is 65.3 Å².